The van der Waals surface area contributed by atoms with E-state index in [4.69, 9.17) is 17.3 Å². The third-order valence-electron chi connectivity index (χ3n) is 4.14. The number of likely N-dealkylation sites (tertiary alicyclic amines) is 1. The number of nitrogens with two attached hydrogens (primary N) is 1. The molecule has 0 amide bonds. The van der Waals surface area contributed by atoms with Gasteiger partial charge in [0.05, 0.1) is 5.02 Å². The third kappa shape index (κ3) is 3.52. The third-order valence-corrected chi connectivity index (χ3v) is 5.37. The fourth-order valence-corrected chi connectivity index (χ4v) is 3.51. The van der Waals surface area contributed by atoms with Crippen LogP contribution in [-0.4, -0.2) is 24.0 Å². The molecule has 106 valence electrons. The van der Waals surface area contributed by atoms with E-state index in [1.807, 2.05) is 12.1 Å². The van der Waals surface area contributed by atoms with Gasteiger partial charge in [0.1, 0.15) is 0 Å². The second-order valence-electron chi connectivity index (χ2n) is 5.64. The summed E-state index contributed by atoms with van der Waals surface area (Å²) in [5, 5.41) is 0.758. The highest BCUT2D eigenvalue weighted by atomic mass is 79.9. The molecule has 0 aromatic heterocycles. The second kappa shape index (κ2) is 6.57. The molecule has 1 aliphatic rings. The van der Waals surface area contributed by atoms with Gasteiger partial charge in [-0.3, -0.25) is 4.90 Å². The standard InChI is InChI=1S/C15H22BrClN2/c1-10-5-6-19(11(2)7-10)15(9-18)12-3-4-13(16)14(17)8-12/h3-4,8,10-11,15H,5-7,9,18H2,1-2H3. The van der Waals surface area contributed by atoms with E-state index < -0.39 is 0 Å². The van der Waals surface area contributed by atoms with Crippen molar-refractivity contribution in [2.75, 3.05) is 13.1 Å². The summed E-state index contributed by atoms with van der Waals surface area (Å²) in [5.41, 5.74) is 7.24. The van der Waals surface area contributed by atoms with E-state index in [1.165, 1.54) is 18.4 Å². The molecule has 1 saturated heterocycles. The van der Waals surface area contributed by atoms with E-state index in [2.05, 4.69) is 40.7 Å². The molecule has 1 aromatic rings. The van der Waals surface area contributed by atoms with Crippen molar-refractivity contribution >= 4 is 27.5 Å². The van der Waals surface area contributed by atoms with E-state index in [-0.39, 0.29) is 6.04 Å². The molecule has 3 unspecified atom stereocenters. The molecule has 2 N–H and O–H groups in total. The predicted molar refractivity (Wildman–Crippen MR) is 85.5 cm³/mol. The van der Waals surface area contributed by atoms with Crippen LogP contribution in [0.25, 0.3) is 0 Å². The molecule has 19 heavy (non-hydrogen) atoms. The van der Waals surface area contributed by atoms with Crippen LogP contribution in [0.2, 0.25) is 5.02 Å². The molecule has 0 radical (unpaired) electrons. The zero-order chi connectivity index (χ0) is 14.0. The molecule has 0 saturated carbocycles. The Labute approximate surface area is 129 Å². The summed E-state index contributed by atoms with van der Waals surface area (Å²) in [6, 6.07) is 7.02. The number of benzene rings is 1. The van der Waals surface area contributed by atoms with Crippen molar-refractivity contribution in [1.82, 2.24) is 4.90 Å². The second-order valence-corrected chi connectivity index (χ2v) is 6.90. The van der Waals surface area contributed by atoms with Crippen molar-refractivity contribution < 1.29 is 0 Å². The first-order valence-electron chi connectivity index (χ1n) is 6.93. The van der Waals surface area contributed by atoms with Gasteiger partial charge in [-0.05, 0) is 65.9 Å². The summed E-state index contributed by atoms with van der Waals surface area (Å²) < 4.78 is 0.939. The molecular weight excluding hydrogens is 324 g/mol. The normalized spacial score (nSPS) is 26.4. The van der Waals surface area contributed by atoms with Crippen molar-refractivity contribution in [3.63, 3.8) is 0 Å². The molecule has 0 bridgehead atoms. The maximum atomic E-state index is 6.21. The first kappa shape index (κ1) is 15.3. The van der Waals surface area contributed by atoms with Crippen LogP contribution in [0, 0.1) is 5.92 Å². The highest BCUT2D eigenvalue weighted by Gasteiger charge is 2.29. The van der Waals surface area contributed by atoms with Crippen LogP contribution in [-0.2, 0) is 0 Å². The number of nitrogens with zero attached hydrogens (tertiary/aromatic N) is 1. The number of hydrogen-bond donors (Lipinski definition) is 1. The Morgan fingerprint density at radius 1 is 1.47 bits per heavy atom. The van der Waals surface area contributed by atoms with Crippen molar-refractivity contribution in [3.8, 4) is 0 Å². The van der Waals surface area contributed by atoms with Crippen LogP contribution in [0.3, 0.4) is 0 Å². The molecular formula is C15H22BrClN2. The largest absolute Gasteiger partial charge is 0.329 e. The Morgan fingerprint density at radius 2 is 2.21 bits per heavy atom. The SMILES string of the molecule is CC1CCN(C(CN)c2ccc(Br)c(Cl)c2)C(C)C1. The highest BCUT2D eigenvalue weighted by Crippen LogP contribution is 2.33. The van der Waals surface area contributed by atoms with Crippen molar-refractivity contribution in [3.05, 3.63) is 33.3 Å². The van der Waals surface area contributed by atoms with Crippen LogP contribution in [0.4, 0.5) is 0 Å². The fraction of sp³-hybridized carbons (Fsp3) is 0.600. The van der Waals surface area contributed by atoms with Gasteiger partial charge < -0.3 is 5.73 Å². The lowest BCUT2D eigenvalue weighted by Crippen LogP contribution is -2.44. The predicted octanol–water partition coefficient (Wildman–Crippen LogP) is 4.22. The first-order valence-corrected chi connectivity index (χ1v) is 8.10. The van der Waals surface area contributed by atoms with Gasteiger partial charge >= 0.3 is 0 Å². The molecule has 0 aliphatic carbocycles. The minimum atomic E-state index is 0.271. The van der Waals surface area contributed by atoms with Gasteiger partial charge in [-0.25, -0.2) is 0 Å². The molecule has 1 aromatic carbocycles. The summed E-state index contributed by atoms with van der Waals surface area (Å²) in [6.45, 7) is 6.40. The maximum Gasteiger partial charge on any atom is 0.0551 e. The summed E-state index contributed by atoms with van der Waals surface area (Å²) in [7, 11) is 0. The van der Waals surface area contributed by atoms with E-state index in [1.54, 1.807) is 0 Å². The first-order chi connectivity index (χ1) is 9.02. The summed E-state index contributed by atoms with van der Waals surface area (Å²) in [5.74, 6) is 0.818. The summed E-state index contributed by atoms with van der Waals surface area (Å²) >= 11 is 9.65. The zero-order valence-corrected chi connectivity index (χ0v) is 13.9. The van der Waals surface area contributed by atoms with E-state index in [9.17, 15) is 0 Å². The number of hydrogen-bond acceptors (Lipinski definition) is 2. The lowest BCUT2D eigenvalue weighted by molar-refractivity contribution is 0.0847. The van der Waals surface area contributed by atoms with Crippen molar-refractivity contribution in [1.29, 1.82) is 0 Å². The van der Waals surface area contributed by atoms with Crippen LogP contribution >= 0.6 is 27.5 Å². The lowest BCUT2D eigenvalue weighted by atomic mass is 9.90. The van der Waals surface area contributed by atoms with Gasteiger partial charge in [-0.15, -0.1) is 0 Å². The van der Waals surface area contributed by atoms with Gasteiger partial charge in [-0.2, -0.15) is 0 Å². The van der Waals surface area contributed by atoms with Crippen LogP contribution < -0.4 is 5.73 Å². The Bertz CT molecular complexity index is 438. The minimum absolute atomic E-state index is 0.271. The molecule has 2 rings (SSSR count). The quantitative estimate of drug-likeness (QED) is 0.888. The van der Waals surface area contributed by atoms with Gasteiger partial charge in [0.2, 0.25) is 0 Å². The van der Waals surface area contributed by atoms with E-state index in [0.29, 0.717) is 12.6 Å². The van der Waals surface area contributed by atoms with Crippen LogP contribution in [0.15, 0.2) is 22.7 Å². The molecule has 4 heteroatoms. The molecule has 0 spiro atoms. The summed E-state index contributed by atoms with van der Waals surface area (Å²) in [6.07, 6.45) is 2.51. The van der Waals surface area contributed by atoms with Crippen molar-refractivity contribution in [2.24, 2.45) is 11.7 Å². The number of halogens is 2. The van der Waals surface area contributed by atoms with Crippen molar-refractivity contribution in [2.45, 2.75) is 38.8 Å². The molecule has 1 fully saturated rings. The van der Waals surface area contributed by atoms with E-state index in [0.717, 1.165) is 22.0 Å². The highest BCUT2D eigenvalue weighted by molar-refractivity contribution is 9.10. The van der Waals surface area contributed by atoms with Crippen LogP contribution in [0.5, 0.6) is 0 Å². The van der Waals surface area contributed by atoms with Crippen LogP contribution in [0.1, 0.15) is 38.3 Å². The Kier molecular flexibility index (Phi) is 5.29. The van der Waals surface area contributed by atoms with E-state index >= 15 is 0 Å². The van der Waals surface area contributed by atoms with Gasteiger partial charge in [-0.1, -0.05) is 24.6 Å². The smallest absolute Gasteiger partial charge is 0.0551 e. The summed E-state index contributed by atoms with van der Waals surface area (Å²) in [4.78, 5) is 2.53. The van der Waals surface area contributed by atoms with Gasteiger partial charge in [0.15, 0.2) is 0 Å². The maximum absolute atomic E-state index is 6.21. The van der Waals surface area contributed by atoms with Gasteiger partial charge in [0.25, 0.3) is 0 Å². The average molecular weight is 346 g/mol. The fourth-order valence-electron chi connectivity index (χ4n) is 3.07. The molecule has 1 aliphatic heterocycles. The monoisotopic (exact) mass is 344 g/mol. The Morgan fingerprint density at radius 3 is 2.79 bits per heavy atom. The van der Waals surface area contributed by atoms with Gasteiger partial charge in [0, 0.05) is 23.1 Å². The Hall–Kier alpha value is -0.0900. The molecule has 2 nitrogen and oxygen atoms in total. The molecule has 3 atom stereocenters. The molecule has 1 heterocycles. The number of rotatable bonds is 3. The Balaban J connectivity index is 2.21. The number of piperidine rings is 1. The minimum Gasteiger partial charge on any atom is -0.329 e. The lowest BCUT2D eigenvalue weighted by Gasteiger charge is -2.41. The topological polar surface area (TPSA) is 29.3 Å². The average Bonchev–Trinajstić information content (AvgIpc) is 2.37. The zero-order valence-electron chi connectivity index (χ0n) is 11.6.